The van der Waals surface area contributed by atoms with E-state index in [0.717, 1.165) is 17.7 Å². The van der Waals surface area contributed by atoms with Crippen LogP contribution in [0.1, 0.15) is 40.1 Å². The molecule has 0 aliphatic rings. The van der Waals surface area contributed by atoms with Crippen molar-refractivity contribution in [2.75, 3.05) is 13.7 Å². The lowest BCUT2D eigenvalue weighted by atomic mass is 10.0. The third-order valence-electron chi connectivity index (χ3n) is 4.18. The molecule has 154 valence electrons. The lowest BCUT2D eigenvalue weighted by Crippen LogP contribution is -2.32. The zero-order valence-corrected chi connectivity index (χ0v) is 16.3. The van der Waals surface area contributed by atoms with Gasteiger partial charge in [0.1, 0.15) is 0 Å². The highest BCUT2D eigenvalue weighted by Crippen LogP contribution is 2.30. The average Bonchev–Trinajstić information content (AvgIpc) is 2.65. The molecular formula is C20H23ClF3NO3. The number of carbonyl (C=O) groups excluding carboxylic acids is 1. The molecule has 0 saturated carbocycles. The van der Waals surface area contributed by atoms with E-state index in [1.165, 1.54) is 19.2 Å². The van der Waals surface area contributed by atoms with Gasteiger partial charge in [0.15, 0.2) is 0 Å². The summed E-state index contributed by atoms with van der Waals surface area (Å²) in [4.78, 5) is 11.4. The molecular weight excluding hydrogens is 395 g/mol. The minimum atomic E-state index is -4.44. The number of rotatable bonds is 7. The molecule has 28 heavy (non-hydrogen) atoms. The lowest BCUT2D eigenvalue weighted by molar-refractivity contribution is -0.137. The minimum absolute atomic E-state index is 0. The summed E-state index contributed by atoms with van der Waals surface area (Å²) in [6.07, 6.45) is -4.85. The fourth-order valence-corrected chi connectivity index (χ4v) is 2.67. The van der Waals surface area contributed by atoms with Crippen LogP contribution in [0, 0.1) is 0 Å². The molecule has 0 fully saturated rings. The predicted molar refractivity (Wildman–Crippen MR) is 103 cm³/mol. The minimum Gasteiger partial charge on any atom is -0.465 e. The third-order valence-corrected chi connectivity index (χ3v) is 4.18. The van der Waals surface area contributed by atoms with Gasteiger partial charge in [0, 0.05) is 12.6 Å². The van der Waals surface area contributed by atoms with Crippen molar-refractivity contribution in [3.63, 3.8) is 0 Å². The number of aliphatic hydroxyl groups excluding tert-OH is 1. The highest BCUT2D eigenvalue weighted by molar-refractivity contribution is 5.89. The number of carbonyl (C=O) groups is 1. The van der Waals surface area contributed by atoms with Crippen molar-refractivity contribution in [3.05, 3.63) is 70.8 Å². The van der Waals surface area contributed by atoms with E-state index in [-0.39, 0.29) is 30.6 Å². The number of hydrogen-bond donors (Lipinski definition) is 2. The second-order valence-electron chi connectivity index (χ2n) is 6.34. The van der Waals surface area contributed by atoms with Crippen molar-refractivity contribution in [1.82, 2.24) is 5.32 Å². The molecule has 0 aliphatic carbocycles. The van der Waals surface area contributed by atoms with E-state index in [1.54, 1.807) is 12.1 Å². The van der Waals surface area contributed by atoms with Gasteiger partial charge in [0.05, 0.1) is 24.3 Å². The number of nitrogens with one attached hydrogen (secondary N) is 1. The molecule has 2 N–H and O–H groups in total. The molecule has 2 aromatic carbocycles. The molecule has 0 radical (unpaired) electrons. The first-order valence-corrected chi connectivity index (χ1v) is 8.46. The number of alkyl halides is 3. The normalized spacial score (nSPS) is 13.4. The fraction of sp³-hybridized carbons (Fsp3) is 0.350. The molecule has 0 saturated heterocycles. The maximum Gasteiger partial charge on any atom is 0.416 e. The number of methoxy groups -OCH3 is 1. The van der Waals surface area contributed by atoms with Gasteiger partial charge in [0.25, 0.3) is 0 Å². The number of halogens is 4. The molecule has 2 aromatic rings. The summed E-state index contributed by atoms with van der Waals surface area (Å²) in [6, 6.07) is 11.6. The number of hydrogen-bond acceptors (Lipinski definition) is 4. The van der Waals surface area contributed by atoms with E-state index < -0.39 is 23.8 Å². The number of esters is 1. The first-order valence-electron chi connectivity index (χ1n) is 8.46. The first-order chi connectivity index (χ1) is 12.7. The van der Waals surface area contributed by atoms with Crippen molar-refractivity contribution in [2.24, 2.45) is 0 Å². The van der Waals surface area contributed by atoms with E-state index in [9.17, 15) is 23.1 Å². The van der Waals surface area contributed by atoms with Crippen molar-refractivity contribution >= 4 is 18.4 Å². The maximum atomic E-state index is 12.8. The van der Waals surface area contributed by atoms with Crippen LogP contribution in [0.2, 0.25) is 0 Å². The Morgan fingerprint density at radius 2 is 1.82 bits per heavy atom. The molecule has 2 atom stereocenters. The van der Waals surface area contributed by atoms with Gasteiger partial charge in [-0.1, -0.05) is 24.3 Å². The predicted octanol–water partition coefficient (Wildman–Crippen LogP) is 4.17. The Morgan fingerprint density at radius 3 is 2.39 bits per heavy atom. The number of aliphatic hydroxyl groups is 1. The summed E-state index contributed by atoms with van der Waals surface area (Å²) < 4.78 is 42.9. The summed E-state index contributed by atoms with van der Waals surface area (Å²) in [6.45, 7) is 2.04. The van der Waals surface area contributed by atoms with E-state index >= 15 is 0 Å². The molecule has 0 unspecified atom stereocenters. The Kier molecular flexibility index (Phi) is 8.94. The van der Waals surface area contributed by atoms with E-state index in [4.69, 9.17) is 0 Å². The summed E-state index contributed by atoms with van der Waals surface area (Å²) >= 11 is 0. The second-order valence-corrected chi connectivity index (χ2v) is 6.34. The molecule has 0 amide bonds. The Hall–Kier alpha value is -2.09. The Morgan fingerprint density at radius 1 is 1.18 bits per heavy atom. The van der Waals surface area contributed by atoms with Crippen LogP contribution < -0.4 is 5.32 Å². The van der Waals surface area contributed by atoms with Crippen LogP contribution in [-0.2, 0) is 17.3 Å². The zero-order chi connectivity index (χ0) is 20.0. The van der Waals surface area contributed by atoms with Crippen LogP contribution in [0.15, 0.2) is 48.5 Å². The summed E-state index contributed by atoms with van der Waals surface area (Å²) in [5, 5.41) is 13.3. The standard InChI is InChI=1S/C20H22F3NO3.ClH/c1-13(10-14-6-8-15(9-7-14)19(26)27-2)24-12-18(25)16-4-3-5-17(11-16)20(21,22)23;/h3-9,11,13,18,24-25H,10,12H2,1-2H3;1H/t13-,18+;/m1./s1. The fourth-order valence-electron chi connectivity index (χ4n) is 2.67. The van der Waals surface area contributed by atoms with E-state index in [0.29, 0.717) is 12.0 Å². The molecule has 8 heteroatoms. The molecule has 0 aliphatic heterocycles. The van der Waals surface area contributed by atoms with Crippen LogP contribution in [0.5, 0.6) is 0 Å². The van der Waals surface area contributed by atoms with Gasteiger partial charge in [-0.2, -0.15) is 13.2 Å². The highest BCUT2D eigenvalue weighted by Gasteiger charge is 2.30. The van der Waals surface area contributed by atoms with Crippen LogP contribution >= 0.6 is 12.4 Å². The van der Waals surface area contributed by atoms with Crippen LogP contribution in [-0.4, -0.2) is 30.8 Å². The average molecular weight is 418 g/mol. The SMILES string of the molecule is COC(=O)c1ccc(C[C@@H](C)NC[C@H](O)c2cccc(C(F)(F)F)c2)cc1.Cl. The van der Waals surface area contributed by atoms with Crippen LogP contribution in [0.4, 0.5) is 13.2 Å². The van der Waals surface area contributed by atoms with Crippen LogP contribution in [0.3, 0.4) is 0 Å². The van der Waals surface area contributed by atoms with Crippen molar-refractivity contribution in [2.45, 2.75) is 31.7 Å². The molecule has 0 spiro atoms. The molecule has 4 nitrogen and oxygen atoms in total. The lowest BCUT2D eigenvalue weighted by Gasteiger charge is -2.18. The van der Waals surface area contributed by atoms with Gasteiger partial charge in [-0.25, -0.2) is 4.79 Å². The van der Waals surface area contributed by atoms with Gasteiger partial charge >= 0.3 is 12.1 Å². The number of ether oxygens (including phenoxy) is 1. The van der Waals surface area contributed by atoms with E-state index in [2.05, 4.69) is 10.1 Å². The van der Waals surface area contributed by atoms with Gasteiger partial charge in [-0.05, 0) is 48.7 Å². The quantitative estimate of drug-likeness (QED) is 0.664. The molecule has 2 rings (SSSR count). The largest absolute Gasteiger partial charge is 0.465 e. The Bertz CT molecular complexity index is 766. The van der Waals surface area contributed by atoms with Crippen molar-refractivity contribution < 1.29 is 27.8 Å². The van der Waals surface area contributed by atoms with Gasteiger partial charge in [-0.3, -0.25) is 0 Å². The second kappa shape index (κ2) is 10.5. The third kappa shape index (κ3) is 6.82. The van der Waals surface area contributed by atoms with Gasteiger partial charge in [-0.15, -0.1) is 12.4 Å². The summed E-state index contributed by atoms with van der Waals surface area (Å²) in [7, 11) is 1.32. The molecule has 0 heterocycles. The molecule has 0 bridgehead atoms. The van der Waals surface area contributed by atoms with Crippen molar-refractivity contribution in [3.8, 4) is 0 Å². The zero-order valence-electron chi connectivity index (χ0n) is 15.5. The number of benzene rings is 2. The van der Waals surface area contributed by atoms with Gasteiger partial charge < -0.3 is 15.2 Å². The van der Waals surface area contributed by atoms with Gasteiger partial charge in [0.2, 0.25) is 0 Å². The highest BCUT2D eigenvalue weighted by atomic mass is 35.5. The summed E-state index contributed by atoms with van der Waals surface area (Å²) in [5.74, 6) is -0.406. The van der Waals surface area contributed by atoms with E-state index in [1.807, 2.05) is 19.1 Å². The monoisotopic (exact) mass is 417 g/mol. The topological polar surface area (TPSA) is 58.6 Å². The maximum absolute atomic E-state index is 12.8. The summed E-state index contributed by atoms with van der Waals surface area (Å²) in [5.41, 5.74) is 0.878. The van der Waals surface area contributed by atoms with Crippen molar-refractivity contribution in [1.29, 1.82) is 0 Å². The molecule has 0 aromatic heterocycles. The van der Waals surface area contributed by atoms with Crippen LogP contribution in [0.25, 0.3) is 0 Å². The first kappa shape index (κ1) is 23.9. The Balaban J connectivity index is 0.00000392. The smallest absolute Gasteiger partial charge is 0.416 e. The Labute approximate surface area is 168 Å².